The Hall–Kier alpha value is -1.11. The smallest absolute Gasteiger partial charge is 0.326 e. The normalized spacial score (nSPS) is 11.9. The summed E-state index contributed by atoms with van der Waals surface area (Å²) in [5, 5.41) is 11.6. The average Bonchev–Trinajstić information content (AvgIpc) is 2.34. The lowest BCUT2D eigenvalue weighted by atomic mass is 10.1. The van der Waals surface area contributed by atoms with E-state index in [1.54, 1.807) is 12.1 Å². The minimum absolute atomic E-state index is 0.330. The fourth-order valence-electron chi connectivity index (χ4n) is 1.55. The number of aliphatic carboxylic acids is 1. The Morgan fingerprint density at radius 1 is 1.39 bits per heavy atom. The number of hydrogen-bond acceptors (Lipinski definition) is 2. The molecule has 0 spiro atoms. The van der Waals surface area contributed by atoms with Gasteiger partial charge in [0.05, 0.1) is 5.56 Å². The summed E-state index contributed by atoms with van der Waals surface area (Å²) in [4.78, 5) is 23.0. The maximum Gasteiger partial charge on any atom is 0.326 e. The molecule has 1 aromatic rings. The first-order valence-corrected chi connectivity index (χ1v) is 6.92. The third-order valence-corrected chi connectivity index (χ3v) is 3.51. The van der Waals surface area contributed by atoms with Gasteiger partial charge in [-0.15, -0.1) is 0 Å². The van der Waals surface area contributed by atoms with E-state index in [9.17, 15) is 9.59 Å². The van der Waals surface area contributed by atoms with Crippen molar-refractivity contribution < 1.29 is 14.7 Å². The van der Waals surface area contributed by atoms with Crippen molar-refractivity contribution in [2.45, 2.75) is 32.2 Å². The van der Waals surface area contributed by atoms with Crippen LogP contribution in [0.4, 0.5) is 0 Å². The van der Waals surface area contributed by atoms with E-state index in [4.69, 9.17) is 5.11 Å². The Labute approximate surface area is 120 Å². The van der Waals surface area contributed by atoms with E-state index in [1.807, 2.05) is 19.1 Å². The lowest BCUT2D eigenvalue weighted by Crippen LogP contribution is -2.41. The van der Waals surface area contributed by atoms with Gasteiger partial charge in [0, 0.05) is 3.57 Å². The largest absolute Gasteiger partial charge is 0.480 e. The molecule has 0 bridgehead atoms. The van der Waals surface area contributed by atoms with Gasteiger partial charge in [-0.1, -0.05) is 31.9 Å². The van der Waals surface area contributed by atoms with Gasteiger partial charge >= 0.3 is 5.97 Å². The second-order valence-electron chi connectivity index (χ2n) is 3.99. The second-order valence-corrected chi connectivity index (χ2v) is 5.15. The van der Waals surface area contributed by atoms with Gasteiger partial charge in [-0.3, -0.25) is 4.79 Å². The molecule has 0 saturated heterocycles. The summed E-state index contributed by atoms with van der Waals surface area (Å²) in [6, 6.07) is 6.30. The molecular weight excluding hydrogens is 345 g/mol. The number of hydrogen-bond donors (Lipinski definition) is 2. The van der Waals surface area contributed by atoms with Gasteiger partial charge < -0.3 is 10.4 Å². The van der Waals surface area contributed by atoms with E-state index >= 15 is 0 Å². The van der Waals surface area contributed by atoms with Crippen molar-refractivity contribution in [3.63, 3.8) is 0 Å². The van der Waals surface area contributed by atoms with E-state index in [0.29, 0.717) is 12.0 Å². The van der Waals surface area contributed by atoms with Crippen LogP contribution in [0.1, 0.15) is 36.5 Å². The number of nitrogens with one attached hydrogen (secondary N) is 1. The van der Waals surface area contributed by atoms with Gasteiger partial charge in [-0.05, 0) is 41.1 Å². The Morgan fingerprint density at radius 2 is 2.06 bits per heavy atom. The molecule has 4 nitrogen and oxygen atoms in total. The molecule has 1 aromatic carbocycles. The molecule has 0 aliphatic heterocycles. The lowest BCUT2D eigenvalue weighted by Gasteiger charge is -2.14. The first kappa shape index (κ1) is 14.9. The molecule has 2 N–H and O–H groups in total. The molecule has 98 valence electrons. The Morgan fingerprint density at radius 3 is 2.61 bits per heavy atom. The van der Waals surface area contributed by atoms with Gasteiger partial charge in [0.15, 0.2) is 0 Å². The molecule has 18 heavy (non-hydrogen) atoms. The molecule has 0 radical (unpaired) electrons. The van der Waals surface area contributed by atoms with Crippen LogP contribution in [0.15, 0.2) is 24.3 Å². The first-order chi connectivity index (χ1) is 8.56. The standard InChI is InChI=1S/C13H16INO3/c1-2-3-8-11(13(17)18)15-12(16)9-6-4-5-7-10(9)14/h4-7,11H,2-3,8H2,1H3,(H,15,16)(H,17,18). The van der Waals surface area contributed by atoms with Crippen molar-refractivity contribution in [2.75, 3.05) is 0 Å². The van der Waals surface area contributed by atoms with Crippen LogP contribution < -0.4 is 5.32 Å². The van der Waals surface area contributed by atoms with Gasteiger partial charge in [-0.25, -0.2) is 4.79 Å². The number of rotatable bonds is 6. The third kappa shape index (κ3) is 4.29. The monoisotopic (exact) mass is 361 g/mol. The molecule has 0 aromatic heterocycles. The average molecular weight is 361 g/mol. The summed E-state index contributed by atoms with van der Waals surface area (Å²) in [6.07, 6.45) is 2.15. The van der Waals surface area contributed by atoms with Crippen LogP contribution in [-0.2, 0) is 4.79 Å². The van der Waals surface area contributed by atoms with Crippen LogP contribution in [0, 0.1) is 3.57 Å². The zero-order valence-corrected chi connectivity index (χ0v) is 12.3. The predicted molar refractivity (Wildman–Crippen MR) is 77.6 cm³/mol. The van der Waals surface area contributed by atoms with Crippen LogP contribution in [0.2, 0.25) is 0 Å². The SMILES string of the molecule is CCCCC(NC(=O)c1ccccc1I)C(=O)O. The topological polar surface area (TPSA) is 66.4 Å². The van der Waals surface area contributed by atoms with Crippen LogP contribution >= 0.6 is 22.6 Å². The van der Waals surface area contributed by atoms with Crippen LogP contribution in [0.3, 0.4) is 0 Å². The van der Waals surface area contributed by atoms with Crippen molar-refractivity contribution in [2.24, 2.45) is 0 Å². The summed E-state index contributed by atoms with van der Waals surface area (Å²) in [6.45, 7) is 1.99. The number of halogens is 1. The van der Waals surface area contributed by atoms with Gasteiger partial charge in [-0.2, -0.15) is 0 Å². The number of benzene rings is 1. The Kier molecular flexibility index (Phi) is 6.11. The van der Waals surface area contributed by atoms with Gasteiger partial charge in [0.1, 0.15) is 6.04 Å². The number of carboxylic acids is 1. The zero-order chi connectivity index (χ0) is 13.5. The quantitative estimate of drug-likeness (QED) is 0.766. The highest BCUT2D eigenvalue weighted by Gasteiger charge is 2.20. The Bertz CT molecular complexity index is 434. The lowest BCUT2D eigenvalue weighted by molar-refractivity contribution is -0.139. The summed E-state index contributed by atoms with van der Waals surface area (Å²) in [5.41, 5.74) is 0.515. The van der Waals surface area contributed by atoms with Crippen molar-refractivity contribution in [3.05, 3.63) is 33.4 Å². The number of unbranched alkanes of at least 4 members (excludes halogenated alkanes) is 1. The summed E-state index contributed by atoms with van der Waals surface area (Å²) in [7, 11) is 0. The third-order valence-electron chi connectivity index (χ3n) is 2.57. The highest BCUT2D eigenvalue weighted by Crippen LogP contribution is 2.12. The molecule has 0 fully saturated rings. The molecule has 1 atom stereocenters. The van der Waals surface area contributed by atoms with E-state index in [2.05, 4.69) is 27.9 Å². The van der Waals surface area contributed by atoms with Gasteiger partial charge in [0.25, 0.3) is 5.91 Å². The van der Waals surface area contributed by atoms with E-state index in [1.165, 1.54) is 0 Å². The minimum Gasteiger partial charge on any atom is -0.480 e. The van der Waals surface area contributed by atoms with Crippen molar-refractivity contribution in [3.8, 4) is 0 Å². The molecule has 0 aliphatic rings. The number of carbonyl (C=O) groups is 2. The van der Waals surface area contributed by atoms with Crippen LogP contribution in [-0.4, -0.2) is 23.0 Å². The Balaban J connectivity index is 2.72. The number of carboxylic acid groups (broad SMARTS) is 1. The van der Waals surface area contributed by atoms with E-state index in [0.717, 1.165) is 16.4 Å². The molecule has 1 unspecified atom stereocenters. The molecule has 1 rings (SSSR count). The van der Waals surface area contributed by atoms with Crippen LogP contribution in [0.5, 0.6) is 0 Å². The number of amides is 1. The molecule has 1 amide bonds. The molecular formula is C13H16INO3. The highest BCUT2D eigenvalue weighted by atomic mass is 127. The predicted octanol–water partition coefficient (Wildman–Crippen LogP) is 2.66. The summed E-state index contributed by atoms with van der Waals surface area (Å²) in [5.74, 6) is -1.31. The van der Waals surface area contributed by atoms with Crippen molar-refractivity contribution >= 4 is 34.5 Å². The molecule has 0 heterocycles. The maximum atomic E-state index is 12.0. The fourth-order valence-corrected chi connectivity index (χ4v) is 2.18. The molecule has 0 aliphatic carbocycles. The first-order valence-electron chi connectivity index (χ1n) is 5.84. The van der Waals surface area contributed by atoms with Crippen LogP contribution in [0.25, 0.3) is 0 Å². The van der Waals surface area contributed by atoms with E-state index < -0.39 is 12.0 Å². The van der Waals surface area contributed by atoms with Gasteiger partial charge in [0.2, 0.25) is 0 Å². The molecule has 5 heteroatoms. The van der Waals surface area contributed by atoms with E-state index in [-0.39, 0.29) is 5.91 Å². The number of carbonyl (C=O) groups excluding carboxylic acids is 1. The summed E-state index contributed by atoms with van der Waals surface area (Å²) >= 11 is 2.06. The second kappa shape index (κ2) is 7.35. The zero-order valence-electron chi connectivity index (χ0n) is 10.1. The van der Waals surface area contributed by atoms with Crippen molar-refractivity contribution in [1.29, 1.82) is 0 Å². The highest BCUT2D eigenvalue weighted by molar-refractivity contribution is 14.1. The van der Waals surface area contributed by atoms with Crippen molar-refractivity contribution in [1.82, 2.24) is 5.32 Å². The minimum atomic E-state index is -0.984. The summed E-state index contributed by atoms with van der Waals surface area (Å²) < 4.78 is 0.812. The maximum absolute atomic E-state index is 12.0. The molecule has 0 saturated carbocycles. The fraction of sp³-hybridized carbons (Fsp3) is 0.385.